The number of hydrogen-bond acceptors (Lipinski definition) is 4. The number of nitrogens with zero attached hydrogens (tertiary/aromatic N) is 2. The SMILES string of the molecule is CCOC(=O)c1cc2c(s1)CCCn1nccc1-2. The number of aromatic nitrogens is 2. The molecule has 0 spiro atoms. The highest BCUT2D eigenvalue weighted by Gasteiger charge is 2.20. The average molecular weight is 262 g/mol. The van der Waals surface area contributed by atoms with Crippen LogP contribution >= 0.6 is 11.3 Å². The molecule has 3 rings (SSSR count). The molecule has 2 aromatic rings. The Bertz CT molecular complexity index is 586. The maximum atomic E-state index is 11.8. The number of hydrogen-bond donors (Lipinski definition) is 0. The van der Waals surface area contributed by atoms with Crippen LogP contribution in [0.3, 0.4) is 0 Å². The van der Waals surface area contributed by atoms with Gasteiger partial charge in [0.1, 0.15) is 4.88 Å². The Morgan fingerprint density at radius 2 is 2.50 bits per heavy atom. The normalized spacial score (nSPS) is 13.6. The molecule has 0 bridgehead atoms. The predicted molar refractivity (Wildman–Crippen MR) is 69.8 cm³/mol. The molecule has 0 atom stereocenters. The summed E-state index contributed by atoms with van der Waals surface area (Å²) in [6.45, 7) is 3.18. The van der Waals surface area contributed by atoms with Crippen molar-refractivity contribution in [2.45, 2.75) is 26.3 Å². The molecule has 1 aliphatic heterocycles. The fourth-order valence-corrected chi connectivity index (χ4v) is 3.37. The quantitative estimate of drug-likeness (QED) is 0.782. The summed E-state index contributed by atoms with van der Waals surface area (Å²) in [4.78, 5) is 13.7. The van der Waals surface area contributed by atoms with Gasteiger partial charge >= 0.3 is 5.97 Å². The van der Waals surface area contributed by atoms with Crippen molar-refractivity contribution in [1.29, 1.82) is 0 Å². The van der Waals surface area contributed by atoms with E-state index in [1.165, 1.54) is 4.88 Å². The lowest BCUT2D eigenvalue weighted by atomic mass is 10.1. The summed E-state index contributed by atoms with van der Waals surface area (Å²) < 4.78 is 7.06. The Hall–Kier alpha value is -1.62. The van der Waals surface area contributed by atoms with Crippen LogP contribution in [0.2, 0.25) is 0 Å². The summed E-state index contributed by atoms with van der Waals surface area (Å²) in [6.07, 6.45) is 3.87. The van der Waals surface area contributed by atoms with Crippen LogP contribution in [0.4, 0.5) is 0 Å². The van der Waals surface area contributed by atoms with Crippen LogP contribution in [-0.2, 0) is 17.7 Å². The number of fused-ring (bicyclic) bond motifs is 3. The Morgan fingerprint density at radius 1 is 1.61 bits per heavy atom. The number of esters is 1. The third-order valence-electron chi connectivity index (χ3n) is 3.05. The van der Waals surface area contributed by atoms with Gasteiger partial charge in [-0.05, 0) is 31.9 Å². The molecule has 0 fully saturated rings. The first-order valence-corrected chi connectivity index (χ1v) is 6.93. The molecular formula is C13H14N2O2S. The van der Waals surface area contributed by atoms with Gasteiger partial charge in [0.15, 0.2) is 0 Å². The number of carbonyl (C=O) groups excluding carboxylic acids is 1. The van der Waals surface area contributed by atoms with Crippen molar-refractivity contribution in [1.82, 2.24) is 9.78 Å². The van der Waals surface area contributed by atoms with E-state index >= 15 is 0 Å². The van der Waals surface area contributed by atoms with E-state index in [1.807, 2.05) is 29.9 Å². The summed E-state index contributed by atoms with van der Waals surface area (Å²) in [5.41, 5.74) is 2.24. The highest BCUT2D eigenvalue weighted by atomic mass is 32.1. The largest absolute Gasteiger partial charge is 0.462 e. The lowest BCUT2D eigenvalue weighted by molar-refractivity contribution is 0.0532. The second-order valence-electron chi connectivity index (χ2n) is 4.21. The number of thiophene rings is 1. The van der Waals surface area contributed by atoms with E-state index in [1.54, 1.807) is 11.3 Å². The van der Waals surface area contributed by atoms with E-state index in [9.17, 15) is 4.79 Å². The number of rotatable bonds is 2. The van der Waals surface area contributed by atoms with Gasteiger partial charge in [0, 0.05) is 23.2 Å². The van der Waals surface area contributed by atoms with Gasteiger partial charge in [-0.2, -0.15) is 5.10 Å². The smallest absolute Gasteiger partial charge is 0.348 e. The minimum Gasteiger partial charge on any atom is -0.462 e. The van der Waals surface area contributed by atoms with Crippen molar-refractivity contribution in [2.24, 2.45) is 0 Å². The topological polar surface area (TPSA) is 44.1 Å². The molecule has 0 amide bonds. The summed E-state index contributed by atoms with van der Waals surface area (Å²) in [5.74, 6) is -0.221. The van der Waals surface area contributed by atoms with Gasteiger partial charge in [0.05, 0.1) is 12.3 Å². The second-order valence-corrected chi connectivity index (χ2v) is 5.35. The lowest BCUT2D eigenvalue weighted by Crippen LogP contribution is -2.02. The first kappa shape index (κ1) is 11.5. The molecule has 0 unspecified atom stereocenters. The Kier molecular flexibility index (Phi) is 2.91. The number of aryl methyl sites for hydroxylation is 2. The van der Waals surface area contributed by atoms with E-state index in [2.05, 4.69) is 5.10 Å². The second kappa shape index (κ2) is 4.57. The molecule has 1 aliphatic rings. The first-order valence-electron chi connectivity index (χ1n) is 6.11. The standard InChI is InChI=1S/C13H14N2O2S/c1-2-17-13(16)12-8-9-10-5-6-14-15(10)7-3-4-11(9)18-12/h5-6,8H,2-4,7H2,1H3. The Labute approximate surface area is 109 Å². The molecule has 2 aromatic heterocycles. The fourth-order valence-electron chi connectivity index (χ4n) is 2.26. The molecule has 94 valence electrons. The number of carbonyl (C=O) groups is 1. The van der Waals surface area contributed by atoms with Crippen LogP contribution in [0, 0.1) is 0 Å². The molecule has 0 N–H and O–H groups in total. The zero-order valence-electron chi connectivity index (χ0n) is 10.2. The van der Waals surface area contributed by atoms with Gasteiger partial charge in [-0.25, -0.2) is 4.79 Å². The van der Waals surface area contributed by atoms with Crippen LogP contribution in [0.25, 0.3) is 11.3 Å². The highest BCUT2D eigenvalue weighted by Crippen LogP contribution is 2.35. The molecule has 4 nitrogen and oxygen atoms in total. The van der Waals surface area contributed by atoms with E-state index in [4.69, 9.17) is 4.74 Å². The molecule has 0 aromatic carbocycles. The van der Waals surface area contributed by atoms with Crippen LogP contribution in [0.15, 0.2) is 18.3 Å². The van der Waals surface area contributed by atoms with Crippen LogP contribution in [0.1, 0.15) is 27.9 Å². The van der Waals surface area contributed by atoms with Crippen molar-refractivity contribution in [3.8, 4) is 11.3 Å². The van der Waals surface area contributed by atoms with Crippen molar-refractivity contribution >= 4 is 17.3 Å². The lowest BCUT2D eigenvalue weighted by Gasteiger charge is -2.01. The van der Waals surface area contributed by atoms with Gasteiger partial charge in [-0.1, -0.05) is 0 Å². The van der Waals surface area contributed by atoms with Gasteiger partial charge in [0.2, 0.25) is 0 Å². The van der Waals surface area contributed by atoms with Crippen molar-refractivity contribution < 1.29 is 9.53 Å². The summed E-state index contributed by atoms with van der Waals surface area (Å²) in [7, 11) is 0. The van der Waals surface area contributed by atoms with Gasteiger partial charge < -0.3 is 4.74 Å². The maximum Gasteiger partial charge on any atom is 0.348 e. The van der Waals surface area contributed by atoms with E-state index in [0.29, 0.717) is 11.5 Å². The molecule has 0 saturated carbocycles. The summed E-state index contributed by atoms with van der Waals surface area (Å²) in [5, 5.41) is 4.31. The van der Waals surface area contributed by atoms with Gasteiger partial charge in [-0.3, -0.25) is 4.68 Å². The average Bonchev–Trinajstić information content (AvgIpc) is 2.94. The monoisotopic (exact) mass is 262 g/mol. The first-order chi connectivity index (χ1) is 8.79. The third-order valence-corrected chi connectivity index (χ3v) is 4.23. The Morgan fingerprint density at radius 3 is 3.33 bits per heavy atom. The van der Waals surface area contributed by atoms with Gasteiger partial charge in [-0.15, -0.1) is 11.3 Å². The fraction of sp³-hybridized carbons (Fsp3) is 0.385. The molecule has 0 aliphatic carbocycles. The zero-order chi connectivity index (χ0) is 12.5. The van der Waals surface area contributed by atoms with E-state index in [0.717, 1.165) is 30.6 Å². The Balaban J connectivity index is 2.04. The van der Waals surface area contributed by atoms with Crippen LogP contribution < -0.4 is 0 Å². The summed E-state index contributed by atoms with van der Waals surface area (Å²) >= 11 is 1.55. The van der Waals surface area contributed by atoms with Gasteiger partial charge in [0.25, 0.3) is 0 Å². The van der Waals surface area contributed by atoms with Crippen molar-refractivity contribution in [3.05, 3.63) is 28.1 Å². The molecule has 0 saturated heterocycles. The van der Waals surface area contributed by atoms with E-state index < -0.39 is 0 Å². The maximum absolute atomic E-state index is 11.8. The van der Waals surface area contributed by atoms with Crippen LogP contribution in [0.5, 0.6) is 0 Å². The molecular weight excluding hydrogens is 248 g/mol. The molecule has 5 heteroatoms. The molecule has 0 radical (unpaired) electrons. The predicted octanol–water partition coefficient (Wildman–Crippen LogP) is 2.73. The molecule has 3 heterocycles. The summed E-state index contributed by atoms with van der Waals surface area (Å²) in [6, 6.07) is 3.95. The van der Waals surface area contributed by atoms with Crippen molar-refractivity contribution in [2.75, 3.05) is 6.61 Å². The minimum absolute atomic E-state index is 0.221. The number of ether oxygens (including phenoxy) is 1. The molecule has 18 heavy (non-hydrogen) atoms. The zero-order valence-corrected chi connectivity index (χ0v) is 11.0. The van der Waals surface area contributed by atoms with Crippen molar-refractivity contribution in [3.63, 3.8) is 0 Å². The van der Waals surface area contributed by atoms with E-state index in [-0.39, 0.29) is 5.97 Å². The third kappa shape index (κ3) is 1.84. The minimum atomic E-state index is -0.221. The van der Waals surface area contributed by atoms with Crippen LogP contribution in [-0.4, -0.2) is 22.4 Å². The highest BCUT2D eigenvalue weighted by molar-refractivity contribution is 7.14.